The Kier molecular flexibility index (Phi) is 5.61. The number of nitrogens with zero attached hydrogens (tertiary/aromatic N) is 1. The van der Waals surface area contributed by atoms with E-state index in [1.165, 1.54) is 0 Å². The molecular formula is C14H24N2O2. The highest BCUT2D eigenvalue weighted by molar-refractivity contribution is 5.85. The van der Waals surface area contributed by atoms with Crippen LogP contribution in [0.4, 0.5) is 0 Å². The molecule has 102 valence electrons. The maximum absolute atomic E-state index is 12.4. The molecule has 1 heterocycles. The van der Waals surface area contributed by atoms with Crippen molar-refractivity contribution < 1.29 is 9.53 Å². The van der Waals surface area contributed by atoms with E-state index in [2.05, 4.69) is 11.4 Å². The lowest BCUT2D eigenvalue weighted by atomic mass is 9.79. The van der Waals surface area contributed by atoms with Crippen LogP contribution in [0.1, 0.15) is 52.9 Å². The van der Waals surface area contributed by atoms with E-state index in [-0.39, 0.29) is 18.1 Å². The van der Waals surface area contributed by atoms with Crippen LogP contribution in [0, 0.1) is 16.7 Å². The van der Waals surface area contributed by atoms with Crippen molar-refractivity contribution in [2.75, 3.05) is 6.61 Å². The SMILES string of the molecule is CCCC(C#N)(CCC)C(=O)NC1CCOC1C. The molecule has 18 heavy (non-hydrogen) atoms. The molecule has 1 N–H and O–H groups in total. The molecule has 1 aliphatic heterocycles. The molecule has 1 fully saturated rings. The number of ether oxygens (including phenoxy) is 1. The fourth-order valence-corrected chi connectivity index (χ4v) is 2.60. The summed E-state index contributed by atoms with van der Waals surface area (Å²) in [4.78, 5) is 12.4. The van der Waals surface area contributed by atoms with Crippen molar-refractivity contribution in [2.24, 2.45) is 5.41 Å². The molecule has 2 atom stereocenters. The van der Waals surface area contributed by atoms with E-state index in [1.807, 2.05) is 20.8 Å². The summed E-state index contributed by atoms with van der Waals surface area (Å²) in [6.45, 7) is 6.67. The summed E-state index contributed by atoms with van der Waals surface area (Å²) >= 11 is 0. The van der Waals surface area contributed by atoms with Gasteiger partial charge in [-0.3, -0.25) is 4.79 Å². The predicted molar refractivity (Wildman–Crippen MR) is 69.8 cm³/mol. The average molecular weight is 252 g/mol. The smallest absolute Gasteiger partial charge is 0.240 e. The summed E-state index contributed by atoms with van der Waals surface area (Å²) in [5.41, 5.74) is -0.855. The summed E-state index contributed by atoms with van der Waals surface area (Å²) in [5.74, 6) is -0.115. The zero-order valence-corrected chi connectivity index (χ0v) is 11.7. The van der Waals surface area contributed by atoms with Crippen LogP contribution in [0.2, 0.25) is 0 Å². The summed E-state index contributed by atoms with van der Waals surface area (Å²) in [5, 5.41) is 12.4. The number of hydrogen-bond donors (Lipinski definition) is 1. The van der Waals surface area contributed by atoms with Gasteiger partial charge in [0.15, 0.2) is 0 Å². The third-order valence-electron chi connectivity index (χ3n) is 3.69. The Labute approximate surface area is 110 Å². The minimum Gasteiger partial charge on any atom is -0.376 e. The minimum atomic E-state index is -0.855. The normalized spacial score (nSPS) is 23.7. The Morgan fingerprint density at radius 1 is 1.44 bits per heavy atom. The lowest BCUT2D eigenvalue weighted by Gasteiger charge is -2.27. The number of carbonyl (C=O) groups is 1. The van der Waals surface area contributed by atoms with E-state index < -0.39 is 5.41 Å². The number of hydrogen-bond acceptors (Lipinski definition) is 3. The van der Waals surface area contributed by atoms with Crippen molar-refractivity contribution >= 4 is 5.91 Å². The van der Waals surface area contributed by atoms with Gasteiger partial charge >= 0.3 is 0 Å². The van der Waals surface area contributed by atoms with Gasteiger partial charge in [-0.1, -0.05) is 26.7 Å². The molecule has 0 saturated carbocycles. The molecule has 1 amide bonds. The molecule has 1 aliphatic rings. The monoisotopic (exact) mass is 252 g/mol. The number of amides is 1. The molecule has 4 heteroatoms. The fourth-order valence-electron chi connectivity index (χ4n) is 2.60. The highest BCUT2D eigenvalue weighted by Crippen LogP contribution is 2.30. The zero-order valence-electron chi connectivity index (χ0n) is 11.7. The van der Waals surface area contributed by atoms with Crippen molar-refractivity contribution in [3.05, 3.63) is 0 Å². The van der Waals surface area contributed by atoms with Gasteiger partial charge in [0.1, 0.15) is 5.41 Å². The van der Waals surface area contributed by atoms with E-state index in [0.717, 1.165) is 19.3 Å². The van der Waals surface area contributed by atoms with Gasteiger partial charge in [-0.2, -0.15) is 5.26 Å². The maximum atomic E-state index is 12.4. The first-order valence-electron chi connectivity index (χ1n) is 6.93. The van der Waals surface area contributed by atoms with Crippen LogP contribution in [0.3, 0.4) is 0 Å². The first-order valence-corrected chi connectivity index (χ1v) is 6.93. The van der Waals surface area contributed by atoms with Gasteiger partial charge in [0.2, 0.25) is 5.91 Å². The first-order chi connectivity index (χ1) is 8.59. The fraction of sp³-hybridized carbons (Fsp3) is 0.857. The van der Waals surface area contributed by atoms with Gasteiger partial charge in [0.25, 0.3) is 0 Å². The Balaban J connectivity index is 2.72. The van der Waals surface area contributed by atoms with Crippen LogP contribution >= 0.6 is 0 Å². The number of nitriles is 1. The Bertz CT molecular complexity index is 316. The molecular weight excluding hydrogens is 228 g/mol. The van der Waals surface area contributed by atoms with Crippen molar-refractivity contribution in [3.63, 3.8) is 0 Å². The Hall–Kier alpha value is -1.08. The topological polar surface area (TPSA) is 62.1 Å². The highest BCUT2D eigenvalue weighted by Gasteiger charge is 2.39. The summed E-state index contributed by atoms with van der Waals surface area (Å²) in [6.07, 6.45) is 3.84. The van der Waals surface area contributed by atoms with Crippen LogP contribution < -0.4 is 5.32 Å². The highest BCUT2D eigenvalue weighted by atomic mass is 16.5. The molecule has 0 bridgehead atoms. The lowest BCUT2D eigenvalue weighted by molar-refractivity contribution is -0.130. The van der Waals surface area contributed by atoms with Gasteiger partial charge < -0.3 is 10.1 Å². The predicted octanol–water partition coefficient (Wildman–Crippen LogP) is 2.39. The van der Waals surface area contributed by atoms with Crippen molar-refractivity contribution in [3.8, 4) is 6.07 Å². The standard InChI is InChI=1S/C14H24N2O2/c1-4-7-14(10-15,8-5-2)13(17)16-12-6-9-18-11(12)3/h11-12H,4-9H2,1-3H3,(H,16,17). The molecule has 4 nitrogen and oxygen atoms in total. The molecule has 1 saturated heterocycles. The average Bonchev–Trinajstić information content (AvgIpc) is 2.74. The number of rotatable bonds is 6. The molecule has 0 aliphatic carbocycles. The number of nitrogens with one attached hydrogen (secondary N) is 1. The molecule has 0 spiro atoms. The maximum Gasteiger partial charge on any atom is 0.240 e. The van der Waals surface area contributed by atoms with E-state index in [9.17, 15) is 10.1 Å². The van der Waals surface area contributed by atoms with Gasteiger partial charge in [-0.15, -0.1) is 0 Å². The van der Waals surface area contributed by atoms with Crippen LogP contribution in [0.15, 0.2) is 0 Å². The quantitative estimate of drug-likeness (QED) is 0.789. The Morgan fingerprint density at radius 3 is 2.44 bits per heavy atom. The molecule has 0 radical (unpaired) electrons. The Morgan fingerprint density at radius 2 is 2.06 bits per heavy atom. The van der Waals surface area contributed by atoms with Crippen LogP contribution in [0.25, 0.3) is 0 Å². The first kappa shape index (κ1) is 15.0. The van der Waals surface area contributed by atoms with Gasteiger partial charge in [0, 0.05) is 6.61 Å². The van der Waals surface area contributed by atoms with Crippen molar-refractivity contribution in [1.29, 1.82) is 5.26 Å². The second kappa shape index (κ2) is 6.75. The van der Waals surface area contributed by atoms with Crippen LogP contribution in [-0.4, -0.2) is 24.7 Å². The summed E-state index contributed by atoms with van der Waals surface area (Å²) < 4.78 is 5.43. The van der Waals surface area contributed by atoms with Crippen molar-refractivity contribution in [1.82, 2.24) is 5.32 Å². The van der Waals surface area contributed by atoms with E-state index in [0.29, 0.717) is 19.4 Å². The molecule has 0 aromatic rings. The van der Waals surface area contributed by atoms with Crippen LogP contribution in [0.5, 0.6) is 0 Å². The molecule has 0 aromatic heterocycles. The van der Waals surface area contributed by atoms with Gasteiger partial charge in [0.05, 0.1) is 18.2 Å². The van der Waals surface area contributed by atoms with E-state index in [1.54, 1.807) is 0 Å². The molecule has 1 rings (SSSR count). The largest absolute Gasteiger partial charge is 0.376 e. The third kappa shape index (κ3) is 3.23. The zero-order chi connectivity index (χ0) is 13.6. The van der Waals surface area contributed by atoms with Crippen molar-refractivity contribution in [2.45, 2.75) is 65.0 Å². The lowest BCUT2D eigenvalue weighted by Crippen LogP contribution is -2.47. The number of carbonyl (C=O) groups excluding carboxylic acids is 1. The van der Waals surface area contributed by atoms with E-state index >= 15 is 0 Å². The molecule has 2 unspecified atom stereocenters. The second-order valence-corrected chi connectivity index (χ2v) is 5.14. The summed E-state index contributed by atoms with van der Waals surface area (Å²) in [7, 11) is 0. The summed E-state index contributed by atoms with van der Waals surface area (Å²) in [6, 6.07) is 2.31. The minimum absolute atomic E-state index is 0.0496. The van der Waals surface area contributed by atoms with Gasteiger partial charge in [-0.05, 0) is 26.2 Å². The van der Waals surface area contributed by atoms with Crippen LogP contribution in [-0.2, 0) is 9.53 Å². The second-order valence-electron chi connectivity index (χ2n) is 5.14. The van der Waals surface area contributed by atoms with Gasteiger partial charge in [-0.25, -0.2) is 0 Å². The third-order valence-corrected chi connectivity index (χ3v) is 3.69. The van der Waals surface area contributed by atoms with E-state index in [4.69, 9.17) is 4.74 Å². The molecule has 0 aromatic carbocycles.